The van der Waals surface area contributed by atoms with Crippen LogP contribution >= 0.6 is 0 Å². The van der Waals surface area contributed by atoms with Crippen LogP contribution in [-0.4, -0.2) is 59.7 Å². The first-order valence-corrected chi connectivity index (χ1v) is 8.64. The summed E-state index contributed by atoms with van der Waals surface area (Å²) in [4.78, 5) is 16.5. The number of methoxy groups -OCH3 is 1. The Bertz CT molecular complexity index is 593. The Hall–Kier alpha value is -1.76. The fraction of sp³-hybridized carbons (Fsp3) is 0.765. The summed E-state index contributed by atoms with van der Waals surface area (Å²) in [5, 5.41) is 4.51. The highest BCUT2D eigenvalue weighted by Gasteiger charge is 2.31. The molecular weight excluding hydrogens is 308 g/mol. The Balaban J connectivity index is 1.70. The topological polar surface area (TPSA) is 59.8 Å². The number of amides is 1. The first kappa shape index (κ1) is 17.1. The van der Waals surface area contributed by atoms with Crippen molar-refractivity contribution in [2.45, 2.75) is 45.9 Å². The van der Waals surface area contributed by atoms with Crippen LogP contribution in [0.2, 0.25) is 0 Å². The first-order valence-electron chi connectivity index (χ1n) is 8.64. The smallest absolute Gasteiger partial charge is 0.410 e. The van der Waals surface area contributed by atoms with E-state index in [1.54, 1.807) is 12.0 Å². The summed E-state index contributed by atoms with van der Waals surface area (Å²) in [5.41, 5.74) is 1.77. The van der Waals surface area contributed by atoms with Crippen molar-refractivity contribution in [1.29, 1.82) is 0 Å². The summed E-state index contributed by atoms with van der Waals surface area (Å²) in [6.45, 7) is 10.4. The molecule has 1 amide bonds. The van der Waals surface area contributed by atoms with Crippen LogP contribution in [0.1, 0.15) is 32.9 Å². The van der Waals surface area contributed by atoms with Gasteiger partial charge in [-0.05, 0) is 27.2 Å². The number of rotatable bonds is 3. The number of fused-ring (bicyclic) bond motifs is 1. The molecule has 7 heteroatoms. The molecular formula is C17H28N4O3. The van der Waals surface area contributed by atoms with E-state index in [1.165, 1.54) is 0 Å². The molecule has 2 aliphatic heterocycles. The molecule has 0 aliphatic carbocycles. The third-order valence-corrected chi connectivity index (χ3v) is 4.53. The number of aromatic nitrogens is 2. The van der Waals surface area contributed by atoms with Crippen molar-refractivity contribution < 1.29 is 14.3 Å². The van der Waals surface area contributed by atoms with Crippen LogP contribution in [0.3, 0.4) is 0 Å². The van der Waals surface area contributed by atoms with Crippen LogP contribution in [0.4, 0.5) is 10.5 Å². The Labute approximate surface area is 143 Å². The van der Waals surface area contributed by atoms with Crippen molar-refractivity contribution in [2.75, 3.05) is 38.3 Å². The molecule has 0 saturated carbocycles. The number of hydrogen-bond acceptors (Lipinski definition) is 5. The maximum Gasteiger partial charge on any atom is 0.410 e. The maximum absolute atomic E-state index is 12.4. The van der Waals surface area contributed by atoms with Gasteiger partial charge in [0.25, 0.3) is 0 Å². The number of carbonyl (C=O) groups excluding carboxylic acids is 1. The molecule has 3 heterocycles. The van der Waals surface area contributed by atoms with Crippen LogP contribution in [0.25, 0.3) is 0 Å². The van der Waals surface area contributed by atoms with Crippen molar-refractivity contribution in [3.8, 4) is 0 Å². The molecule has 0 bridgehead atoms. The molecule has 3 rings (SSSR count). The van der Waals surface area contributed by atoms with Crippen molar-refractivity contribution in [3.63, 3.8) is 0 Å². The van der Waals surface area contributed by atoms with Crippen LogP contribution in [0, 0.1) is 5.92 Å². The van der Waals surface area contributed by atoms with Crippen LogP contribution in [0.15, 0.2) is 6.20 Å². The van der Waals surface area contributed by atoms with Crippen molar-refractivity contribution in [1.82, 2.24) is 14.7 Å². The van der Waals surface area contributed by atoms with E-state index in [0.29, 0.717) is 25.6 Å². The van der Waals surface area contributed by atoms with Gasteiger partial charge in [0.15, 0.2) is 0 Å². The molecule has 24 heavy (non-hydrogen) atoms. The highest BCUT2D eigenvalue weighted by atomic mass is 16.6. The molecule has 1 unspecified atom stereocenters. The molecule has 2 aliphatic rings. The van der Waals surface area contributed by atoms with E-state index in [1.807, 2.05) is 31.6 Å². The number of anilines is 1. The molecule has 1 aromatic heterocycles. The summed E-state index contributed by atoms with van der Waals surface area (Å²) in [5.74, 6) is 0.566. The second-order valence-electron chi connectivity index (χ2n) is 7.66. The summed E-state index contributed by atoms with van der Waals surface area (Å²) < 4.78 is 12.8. The Morgan fingerprint density at radius 1 is 1.33 bits per heavy atom. The zero-order valence-corrected chi connectivity index (χ0v) is 15.1. The number of hydrogen-bond donors (Lipinski definition) is 0. The van der Waals surface area contributed by atoms with Gasteiger partial charge in [0, 0.05) is 32.7 Å². The van der Waals surface area contributed by atoms with Gasteiger partial charge in [-0.25, -0.2) is 4.79 Å². The molecule has 0 radical (unpaired) electrons. The largest absolute Gasteiger partial charge is 0.444 e. The van der Waals surface area contributed by atoms with E-state index in [-0.39, 0.29) is 6.09 Å². The maximum atomic E-state index is 12.4. The Kier molecular flexibility index (Phi) is 4.71. The second-order valence-corrected chi connectivity index (χ2v) is 7.66. The van der Waals surface area contributed by atoms with E-state index in [2.05, 4.69) is 10.00 Å². The lowest BCUT2D eigenvalue weighted by molar-refractivity contribution is 0.0195. The molecule has 0 N–H and O–H groups in total. The fourth-order valence-electron chi connectivity index (χ4n) is 3.40. The highest BCUT2D eigenvalue weighted by molar-refractivity contribution is 5.69. The highest BCUT2D eigenvalue weighted by Crippen LogP contribution is 2.30. The van der Waals surface area contributed by atoms with Crippen molar-refractivity contribution in [2.24, 2.45) is 5.92 Å². The predicted octanol–water partition coefficient (Wildman–Crippen LogP) is 2.11. The molecule has 1 saturated heterocycles. The van der Waals surface area contributed by atoms with E-state index in [9.17, 15) is 4.79 Å². The predicted molar refractivity (Wildman–Crippen MR) is 91.1 cm³/mol. The molecule has 0 spiro atoms. The number of carbonyl (C=O) groups is 1. The molecule has 0 aromatic carbocycles. The lowest BCUT2D eigenvalue weighted by Crippen LogP contribution is -2.42. The quantitative estimate of drug-likeness (QED) is 0.846. The van der Waals surface area contributed by atoms with Gasteiger partial charge >= 0.3 is 6.09 Å². The first-order chi connectivity index (χ1) is 11.4. The van der Waals surface area contributed by atoms with E-state index < -0.39 is 5.60 Å². The Morgan fingerprint density at radius 3 is 2.83 bits per heavy atom. The summed E-state index contributed by atoms with van der Waals surface area (Å²) in [6, 6.07) is 0. The van der Waals surface area contributed by atoms with Gasteiger partial charge in [-0.3, -0.25) is 4.68 Å². The van der Waals surface area contributed by atoms with Gasteiger partial charge < -0.3 is 19.3 Å². The monoisotopic (exact) mass is 336 g/mol. The van der Waals surface area contributed by atoms with E-state index in [4.69, 9.17) is 9.47 Å². The van der Waals surface area contributed by atoms with Crippen molar-refractivity contribution in [3.05, 3.63) is 11.9 Å². The van der Waals surface area contributed by atoms with Crippen LogP contribution < -0.4 is 4.90 Å². The lowest BCUT2D eigenvalue weighted by Gasteiger charge is -2.31. The number of nitrogens with zero attached hydrogens (tertiary/aromatic N) is 4. The van der Waals surface area contributed by atoms with Gasteiger partial charge in [0.05, 0.1) is 37.3 Å². The molecule has 7 nitrogen and oxygen atoms in total. The van der Waals surface area contributed by atoms with Gasteiger partial charge in [0.1, 0.15) is 5.60 Å². The lowest BCUT2D eigenvalue weighted by atomic mass is 10.1. The summed E-state index contributed by atoms with van der Waals surface area (Å²) >= 11 is 0. The fourth-order valence-corrected chi connectivity index (χ4v) is 3.40. The molecule has 1 aromatic rings. The van der Waals surface area contributed by atoms with Crippen LogP contribution in [-0.2, 0) is 22.6 Å². The van der Waals surface area contributed by atoms with E-state index in [0.717, 1.165) is 37.5 Å². The number of ether oxygens (including phenoxy) is 2. The molecule has 1 fully saturated rings. The van der Waals surface area contributed by atoms with Crippen molar-refractivity contribution >= 4 is 11.8 Å². The average molecular weight is 336 g/mol. The van der Waals surface area contributed by atoms with Gasteiger partial charge in [-0.15, -0.1) is 0 Å². The summed E-state index contributed by atoms with van der Waals surface area (Å²) in [7, 11) is 1.75. The van der Waals surface area contributed by atoms with Gasteiger partial charge in [-0.1, -0.05) is 0 Å². The van der Waals surface area contributed by atoms with Gasteiger partial charge in [-0.2, -0.15) is 5.10 Å². The standard InChI is InChI=1S/C17H28N4O3/c1-17(2,3)24-16(22)20-7-8-21-15(11-20)14(9-18-21)19-6-5-13(10-19)12-23-4/h9,13H,5-8,10-12H2,1-4H3. The zero-order valence-electron chi connectivity index (χ0n) is 15.1. The SMILES string of the molecule is COCC1CCN(c2cnn3c2CN(C(=O)OC(C)(C)C)CC3)C1. The molecule has 134 valence electrons. The van der Waals surface area contributed by atoms with Crippen LogP contribution in [0.5, 0.6) is 0 Å². The Morgan fingerprint density at radius 2 is 2.12 bits per heavy atom. The second kappa shape index (κ2) is 6.63. The average Bonchev–Trinajstić information content (AvgIpc) is 3.11. The minimum absolute atomic E-state index is 0.250. The minimum atomic E-state index is -0.472. The molecule has 1 atom stereocenters. The van der Waals surface area contributed by atoms with E-state index >= 15 is 0 Å². The van der Waals surface area contributed by atoms with Gasteiger partial charge in [0.2, 0.25) is 0 Å². The summed E-state index contributed by atoms with van der Waals surface area (Å²) in [6.07, 6.45) is 2.82. The third kappa shape index (κ3) is 3.66. The third-order valence-electron chi connectivity index (χ3n) is 4.53. The normalized spacial score (nSPS) is 21.1. The minimum Gasteiger partial charge on any atom is -0.444 e. The zero-order chi connectivity index (χ0) is 17.3.